The van der Waals surface area contributed by atoms with Gasteiger partial charge in [-0.05, 0) is 37.1 Å². The van der Waals surface area contributed by atoms with Crippen molar-refractivity contribution in [2.75, 3.05) is 38.7 Å². The summed E-state index contributed by atoms with van der Waals surface area (Å²) in [5.41, 5.74) is 0.888. The van der Waals surface area contributed by atoms with Gasteiger partial charge in [-0.3, -0.25) is 9.59 Å². The third kappa shape index (κ3) is 5.40. The first-order valence-corrected chi connectivity index (χ1v) is 9.16. The molecule has 0 aromatic heterocycles. The normalized spacial score (nSPS) is 18.4. The lowest BCUT2D eigenvalue weighted by atomic mass is 9.81. The number of allylic oxidation sites excluding steroid dienone is 2. The quantitative estimate of drug-likeness (QED) is 0.447. The summed E-state index contributed by atoms with van der Waals surface area (Å²) in [5.74, 6) is -2.13. The van der Waals surface area contributed by atoms with Crippen LogP contribution in [0.25, 0.3) is 0 Å². The van der Waals surface area contributed by atoms with E-state index >= 15 is 0 Å². The lowest BCUT2D eigenvalue weighted by Crippen LogP contribution is -2.45. The molecular weight excluding hydrogens is 364 g/mol. The first kappa shape index (κ1) is 21.6. The van der Waals surface area contributed by atoms with Crippen LogP contribution in [0, 0.1) is 11.8 Å². The van der Waals surface area contributed by atoms with E-state index in [9.17, 15) is 14.4 Å². The smallest absolute Gasteiger partial charge is 0.337 e. The molecule has 8 heteroatoms. The average Bonchev–Trinajstić information content (AvgIpc) is 2.73. The van der Waals surface area contributed by atoms with Crippen molar-refractivity contribution >= 4 is 23.5 Å². The van der Waals surface area contributed by atoms with Crippen LogP contribution < -0.4 is 5.32 Å². The Morgan fingerprint density at radius 2 is 1.61 bits per heavy atom. The van der Waals surface area contributed by atoms with Gasteiger partial charge in [0.15, 0.2) is 0 Å². The number of benzene rings is 1. The van der Waals surface area contributed by atoms with Crippen LogP contribution in [0.2, 0.25) is 0 Å². The highest BCUT2D eigenvalue weighted by atomic mass is 16.5. The molecule has 1 aromatic carbocycles. The molecule has 28 heavy (non-hydrogen) atoms. The number of amides is 2. The molecule has 152 valence electrons. The maximum Gasteiger partial charge on any atom is 0.337 e. The van der Waals surface area contributed by atoms with Crippen molar-refractivity contribution in [2.24, 2.45) is 11.8 Å². The van der Waals surface area contributed by atoms with Gasteiger partial charge in [0.1, 0.15) is 0 Å². The molecule has 1 aliphatic rings. The van der Waals surface area contributed by atoms with E-state index in [1.807, 2.05) is 12.2 Å². The van der Waals surface area contributed by atoms with E-state index in [4.69, 9.17) is 10.2 Å². The van der Waals surface area contributed by atoms with E-state index in [1.54, 1.807) is 24.3 Å². The number of anilines is 1. The summed E-state index contributed by atoms with van der Waals surface area (Å²) >= 11 is 0. The number of nitrogens with zero attached hydrogens (tertiary/aromatic N) is 1. The van der Waals surface area contributed by atoms with Gasteiger partial charge < -0.3 is 25.2 Å². The Morgan fingerprint density at radius 1 is 1.04 bits per heavy atom. The number of ether oxygens (including phenoxy) is 1. The van der Waals surface area contributed by atoms with Gasteiger partial charge in [-0.2, -0.15) is 0 Å². The van der Waals surface area contributed by atoms with Crippen molar-refractivity contribution in [2.45, 2.75) is 12.8 Å². The second kappa shape index (κ2) is 10.6. The summed E-state index contributed by atoms with van der Waals surface area (Å²) in [4.78, 5) is 38.5. The van der Waals surface area contributed by atoms with Crippen molar-refractivity contribution < 1.29 is 29.3 Å². The fraction of sp³-hybridized carbons (Fsp3) is 0.450. The molecule has 0 radical (unpaired) electrons. The second-order valence-corrected chi connectivity index (χ2v) is 6.49. The standard InChI is InChI=1S/C20H26N2O6/c1-28-20(27)14-6-8-15(9-7-14)21-18(25)16-4-2-3-5-17(16)19(26)22(10-12-23)11-13-24/h2-3,6-9,16-17,23-24H,4-5,10-13H2,1H3,(H,21,25). The monoisotopic (exact) mass is 390 g/mol. The Balaban J connectivity index is 2.10. The Kier molecular flexibility index (Phi) is 8.16. The number of carbonyl (C=O) groups is 3. The van der Waals surface area contributed by atoms with Gasteiger partial charge in [0.05, 0.1) is 37.7 Å². The van der Waals surface area contributed by atoms with Crippen LogP contribution in [0.3, 0.4) is 0 Å². The molecule has 0 fully saturated rings. The van der Waals surface area contributed by atoms with Gasteiger partial charge >= 0.3 is 5.97 Å². The van der Waals surface area contributed by atoms with E-state index in [0.29, 0.717) is 24.1 Å². The van der Waals surface area contributed by atoms with Gasteiger partial charge in [0.25, 0.3) is 0 Å². The van der Waals surface area contributed by atoms with Crippen molar-refractivity contribution in [3.8, 4) is 0 Å². The zero-order chi connectivity index (χ0) is 20.5. The molecule has 2 unspecified atom stereocenters. The van der Waals surface area contributed by atoms with E-state index in [-0.39, 0.29) is 38.1 Å². The molecule has 0 saturated carbocycles. The Bertz CT molecular complexity index is 710. The van der Waals surface area contributed by atoms with E-state index < -0.39 is 17.8 Å². The number of nitrogens with one attached hydrogen (secondary N) is 1. The second-order valence-electron chi connectivity index (χ2n) is 6.49. The molecule has 1 aromatic rings. The molecule has 8 nitrogen and oxygen atoms in total. The summed E-state index contributed by atoms with van der Waals surface area (Å²) in [6.07, 6.45) is 4.59. The van der Waals surface area contributed by atoms with E-state index in [1.165, 1.54) is 12.0 Å². The summed E-state index contributed by atoms with van der Waals surface area (Å²) in [6, 6.07) is 6.30. The molecule has 0 saturated heterocycles. The maximum absolute atomic E-state index is 12.8. The van der Waals surface area contributed by atoms with Crippen LogP contribution in [-0.4, -0.2) is 66.3 Å². The van der Waals surface area contributed by atoms with Crippen LogP contribution in [0.5, 0.6) is 0 Å². The predicted octanol–water partition coefficient (Wildman–Crippen LogP) is 0.807. The Labute approximate surface area is 163 Å². The van der Waals surface area contributed by atoms with Gasteiger partial charge in [0.2, 0.25) is 11.8 Å². The van der Waals surface area contributed by atoms with Crippen molar-refractivity contribution in [1.29, 1.82) is 0 Å². The topological polar surface area (TPSA) is 116 Å². The van der Waals surface area contributed by atoms with Gasteiger partial charge in [-0.15, -0.1) is 0 Å². The summed E-state index contributed by atoms with van der Waals surface area (Å²) in [5, 5.41) is 21.1. The number of esters is 1. The summed E-state index contributed by atoms with van der Waals surface area (Å²) in [7, 11) is 1.29. The molecule has 0 aliphatic heterocycles. The fourth-order valence-electron chi connectivity index (χ4n) is 3.23. The van der Waals surface area contributed by atoms with Crippen LogP contribution in [0.4, 0.5) is 5.69 Å². The number of aliphatic hydroxyl groups is 2. The highest BCUT2D eigenvalue weighted by Crippen LogP contribution is 2.29. The molecule has 0 bridgehead atoms. The van der Waals surface area contributed by atoms with Crippen LogP contribution >= 0.6 is 0 Å². The van der Waals surface area contributed by atoms with Gasteiger partial charge in [0, 0.05) is 18.8 Å². The number of rotatable bonds is 8. The fourth-order valence-corrected chi connectivity index (χ4v) is 3.23. The van der Waals surface area contributed by atoms with Gasteiger partial charge in [-0.1, -0.05) is 12.2 Å². The lowest BCUT2D eigenvalue weighted by Gasteiger charge is -2.31. The lowest BCUT2D eigenvalue weighted by molar-refractivity contribution is -0.141. The predicted molar refractivity (Wildman–Crippen MR) is 103 cm³/mol. The molecule has 2 amide bonds. The molecule has 2 atom stereocenters. The zero-order valence-electron chi connectivity index (χ0n) is 15.8. The molecule has 0 heterocycles. The number of methoxy groups -OCH3 is 1. The molecule has 0 spiro atoms. The molecular formula is C20H26N2O6. The number of aliphatic hydroxyl groups excluding tert-OH is 2. The molecule has 1 aliphatic carbocycles. The van der Waals surface area contributed by atoms with E-state index in [2.05, 4.69) is 10.1 Å². The van der Waals surface area contributed by atoms with Gasteiger partial charge in [-0.25, -0.2) is 4.79 Å². The van der Waals surface area contributed by atoms with Crippen molar-refractivity contribution in [3.05, 3.63) is 42.0 Å². The Hall–Kier alpha value is -2.71. The first-order valence-electron chi connectivity index (χ1n) is 9.16. The number of hydrogen-bond acceptors (Lipinski definition) is 6. The van der Waals surface area contributed by atoms with E-state index in [0.717, 1.165) is 0 Å². The maximum atomic E-state index is 12.8. The SMILES string of the molecule is COC(=O)c1ccc(NC(=O)C2CC=CCC2C(=O)N(CCO)CCO)cc1. The number of hydrogen-bond donors (Lipinski definition) is 3. The summed E-state index contributed by atoms with van der Waals surface area (Å²) < 4.78 is 4.64. The minimum absolute atomic E-state index is 0.114. The minimum atomic E-state index is -0.558. The zero-order valence-corrected chi connectivity index (χ0v) is 15.8. The first-order chi connectivity index (χ1) is 13.5. The highest BCUT2D eigenvalue weighted by molar-refractivity contribution is 5.97. The largest absolute Gasteiger partial charge is 0.465 e. The molecule has 3 N–H and O–H groups in total. The summed E-state index contributed by atoms with van der Waals surface area (Å²) in [6.45, 7) is -0.193. The van der Waals surface area contributed by atoms with Crippen molar-refractivity contribution in [3.63, 3.8) is 0 Å². The molecule has 2 rings (SSSR count). The average molecular weight is 390 g/mol. The van der Waals surface area contributed by atoms with Crippen LogP contribution in [-0.2, 0) is 14.3 Å². The third-order valence-corrected chi connectivity index (χ3v) is 4.71. The highest BCUT2D eigenvalue weighted by Gasteiger charge is 2.36. The van der Waals surface area contributed by atoms with Crippen LogP contribution in [0.15, 0.2) is 36.4 Å². The minimum Gasteiger partial charge on any atom is -0.465 e. The third-order valence-electron chi connectivity index (χ3n) is 4.71. The van der Waals surface area contributed by atoms with Crippen LogP contribution in [0.1, 0.15) is 23.2 Å². The number of carbonyl (C=O) groups excluding carboxylic acids is 3. The van der Waals surface area contributed by atoms with Crippen molar-refractivity contribution in [1.82, 2.24) is 4.90 Å². The Morgan fingerprint density at radius 3 is 2.14 bits per heavy atom.